The minimum Gasteiger partial charge on any atom is -0.364 e. The summed E-state index contributed by atoms with van der Waals surface area (Å²) >= 11 is 0. The highest BCUT2D eigenvalue weighted by molar-refractivity contribution is 5.20. The molecule has 2 nitrogen and oxygen atoms in total. The Balaban J connectivity index is 1.80. The summed E-state index contributed by atoms with van der Waals surface area (Å²) in [5.41, 5.74) is 1.41. The van der Waals surface area contributed by atoms with E-state index in [0.29, 0.717) is 6.04 Å². The van der Waals surface area contributed by atoms with E-state index < -0.39 is 0 Å². The van der Waals surface area contributed by atoms with E-state index in [0.717, 1.165) is 6.54 Å². The lowest BCUT2D eigenvalue weighted by molar-refractivity contribution is -0.151. The number of morpholine rings is 1. The fourth-order valence-electron chi connectivity index (χ4n) is 3.36. The van der Waals surface area contributed by atoms with E-state index in [1.165, 1.54) is 37.7 Å². The van der Waals surface area contributed by atoms with E-state index in [4.69, 9.17) is 4.74 Å². The summed E-state index contributed by atoms with van der Waals surface area (Å²) in [6.45, 7) is 3.25. The molecule has 1 aliphatic heterocycles. The average molecular weight is 245 g/mol. The van der Waals surface area contributed by atoms with Crippen LogP contribution in [0.25, 0.3) is 0 Å². The zero-order valence-electron chi connectivity index (χ0n) is 11.2. The second-order valence-corrected chi connectivity index (χ2v) is 5.86. The molecule has 2 atom stereocenters. The molecule has 1 aliphatic carbocycles. The molecule has 1 spiro atoms. The Morgan fingerprint density at radius 1 is 1.11 bits per heavy atom. The molecule has 3 rings (SSSR count). The van der Waals surface area contributed by atoms with Crippen molar-refractivity contribution in [1.29, 1.82) is 0 Å². The van der Waals surface area contributed by atoms with Gasteiger partial charge < -0.3 is 10.1 Å². The van der Waals surface area contributed by atoms with Crippen molar-refractivity contribution < 1.29 is 4.74 Å². The topological polar surface area (TPSA) is 21.3 Å². The highest BCUT2D eigenvalue weighted by Crippen LogP contribution is 2.39. The quantitative estimate of drug-likeness (QED) is 0.818. The van der Waals surface area contributed by atoms with Crippen LogP contribution in [0, 0.1) is 0 Å². The van der Waals surface area contributed by atoms with Crippen molar-refractivity contribution >= 4 is 0 Å². The smallest absolute Gasteiger partial charge is 0.0983 e. The van der Waals surface area contributed by atoms with Crippen LogP contribution in [0.1, 0.15) is 50.7 Å². The molecule has 2 unspecified atom stereocenters. The SMILES string of the molecule is CC1NCC2(CCCCC2)OC1c1ccccc1. The van der Waals surface area contributed by atoms with Crippen LogP contribution in [-0.4, -0.2) is 18.2 Å². The fraction of sp³-hybridized carbons (Fsp3) is 0.625. The largest absolute Gasteiger partial charge is 0.364 e. The summed E-state index contributed by atoms with van der Waals surface area (Å²) in [4.78, 5) is 0. The van der Waals surface area contributed by atoms with Crippen LogP contribution in [0.3, 0.4) is 0 Å². The van der Waals surface area contributed by atoms with Crippen molar-refractivity contribution in [2.24, 2.45) is 0 Å². The van der Waals surface area contributed by atoms with Gasteiger partial charge >= 0.3 is 0 Å². The molecule has 2 aliphatic rings. The van der Waals surface area contributed by atoms with Crippen LogP contribution in [0.4, 0.5) is 0 Å². The minimum absolute atomic E-state index is 0.102. The van der Waals surface area contributed by atoms with Crippen molar-refractivity contribution in [1.82, 2.24) is 5.32 Å². The van der Waals surface area contributed by atoms with Crippen molar-refractivity contribution in [3.05, 3.63) is 35.9 Å². The summed E-state index contributed by atoms with van der Waals surface area (Å²) in [6.07, 6.45) is 6.65. The van der Waals surface area contributed by atoms with Gasteiger partial charge in [0.1, 0.15) is 0 Å². The van der Waals surface area contributed by atoms with Crippen molar-refractivity contribution in [3.8, 4) is 0 Å². The van der Waals surface area contributed by atoms with Gasteiger partial charge in [0.2, 0.25) is 0 Å². The van der Waals surface area contributed by atoms with Crippen molar-refractivity contribution in [2.75, 3.05) is 6.54 Å². The molecule has 0 amide bonds. The molecule has 1 aromatic carbocycles. The third kappa shape index (κ3) is 2.32. The second-order valence-electron chi connectivity index (χ2n) is 5.86. The Labute approximate surface area is 110 Å². The molecule has 1 N–H and O–H groups in total. The molecule has 0 radical (unpaired) electrons. The third-order valence-electron chi connectivity index (χ3n) is 4.47. The third-order valence-corrected chi connectivity index (χ3v) is 4.47. The predicted molar refractivity (Wildman–Crippen MR) is 73.5 cm³/mol. The Bertz CT molecular complexity index is 383. The predicted octanol–water partition coefficient (Wildman–Crippen LogP) is 3.44. The maximum absolute atomic E-state index is 6.55. The molecule has 1 aromatic rings. The van der Waals surface area contributed by atoms with Crippen LogP contribution in [-0.2, 0) is 4.74 Å². The summed E-state index contributed by atoms with van der Waals surface area (Å²) in [5, 5.41) is 3.67. The van der Waals surface area contributed by atoms with Crippen LogP contribution in [0.5, 0.6) is 0 Å². The number of hydrogen-bond acceptors (Lipinski definition) is 2. The van der Waals surface area contributed by atoms with E-state index in [1.807, 2.05) is 0 Å². The molecule has 98 valence electrons. The Morgan fingerprint density at radius 2 is 1.83 bits per heavy atom. The van der Waals surface area contributed by atoms with Crippen LogP contribution < -0.4 is 5.32 Å². The molecule has 2 fully saturated rings. The van der Waals surface area contributed by atoms with Gasteiger partial charge in [-0.15, -0.1) is 0 Å². The van der Waals surface area contributed by atoms with Gasteiger partial charge in [0.15, 0.2) is 0 Å². The molecule has 0 bridgehead atoms. The normalized spacial score (nSPS) is 31.4. The standard InChI is InChI=1S/C16H23NO/c1-13-15(14-8-4-2-5-9-14)18-16(12-17-13)10-6-3-7-11-16/h2,4-5,8-9,13,15,17H,3,6-7,10-12H2,1H3. The van der Waals surface area contributed by atoms with Crippen LogP contribution in [0.15, 0.2) is 30.3 Å². The van der Waals surface area contributed by atoms with Gasteiger partial charge in [0.05, 0.1) is 11.7 Å². The number of benzene rings is 1. The first kappa shape index (κ1) is 12.2. The summed E-state index contributed by atoms with van der Waals surface area (Å²) in [5.74, 6) is 0. The molecular formula is C16H23NO. The summed E-state index contributed by atoms with van der Waals surface area (Å²) in [6, 6.07) is 11.1. The second kappa shape index (κ2) is 5.02. The Hall–Kier alpha value is -0.860. The monoisotopic (exact) mass is 245 g/mol. The number of hydrogen-bond donors (Lipinski definition) is 1. The average Bonchev–Trinajstić information content (AvgIpc) is 2.44. The summed E-state index contributed by atoms with van der Waals surface area (Å²) < 4.78 is 6.55. The number of rotatable bonds is 1. The molecule has 0 aromatic heterocycles. The zero-order valence-corrected chi connectivity index (χ0v) is 11.2. The molecular weight excluding hydrogens is 222 g/mol. The first-order valence-corrected chi connectivity index (χ1v) is 7.25. The minimum atomic E-state index is 0.102. The lowest BCUT2D eigenvalue weighted by Crippen LogP contribution is -2.55. The fourth-order valence-corrected chi connectivity index (χ4v) is 3.36. The molecule has 1 saturated heterocycles. The van der Waals surface area contributed by atoms with E-state index >= 15 is 0 Å². The summed E-state index contributed by atoms with van der Waals surface area (Å²) in [7, 11) is 0. The lowest BCUT2D eigenvalue weighted by atomic mass is 9.82. The zero-order chi connectivity index (χ0) is 12.4. The molecule has 18 heavy (non-hydrogen) atoms. The molecule has 1 heterocycles. The molecule has 2 heteroatoms. The van der Waals surface area contributed by atoms with Gasteiger partial charge in [0.25, 0.3) is 0 Å². The van der Waals surface area contributed by atoms with Gasteiger partial charge in [-0.2, -0.15) is 0 Å². The Morgan fingerprint density at radius 3 is 2.56 bits per heavy atom. The Kier molecular flexibility index (Phi) is 3.40. The molecule has 1 saturated carbocycles. The highest BCUT2D eigenvalue weighted by Gasteiger charge is 2.41. The van der Waals surface area contributed by atoms with Crippen LogP contribution in [0.2, 0.25) is 0 Å². The van der Waals surface area contributed by atoms with Gasteiger partial charge in [-0.3, -0.25) is 0 Å². The van der Waals surface area contributed by atoms with Gasteiger partial charge in [0, 0.05) is 12.6 Å². The van der Waals surface area contributed by atoms with Gasteiger partial charge in [-0.05, 0) is 25.3 Å². The van der Waals surface area contributed by atoms with Crippen molar-refractivity contribution in [3.63, 3.8) is 0 Å². The van der Waals surface area contributed by atoms with Crippen molar-refractivity contribution in [2.45, 2.75) is 56.8 Å². The number of nitrogens with one attached hydrogen (secondary N) is 1. The first-order valence-electron chi connectivity index (χ1n) is 7.25. The maximum atomic E-state index is 6.55. The highest BCUT2D eigenvalue weighted by atomic mass is 16.5. The van der Waals surface area contributed by atoms with Crippen LogP contribution >= 0.6 is 0 Å². The van der Waals surface area contributed by atoms with E-state index in [9.17, 15) is 0 Å². The maximum Gasteiger partial charge on any atom is 0.0983 e. The number of ether oxygens (including phenoxy) is 1. The first-order chi connectivity index (χ1) is 8.79. The van der Waals surface area contributed by atoms with Gasteiger partial charge in [-0.1, -0.05) is 49.6 Å². The van der Waals surface area contributed by atoms with E-state index in [1.54, 1.807) is 0 Å². The van der Waals surface area contributed by atoms with Gasteiger partial charge in [-0.25, -0.2) is 0 Å². The van der Waals surface area contributed by atoms with E-state index in [2.05, 4.69) is 42.6 Å². The van der Waals surface area contributed by atoms with E-state index in [-0.39, 0.29) is 11.7 Å². The lowest BCUT2D eigenvalue weighted by Gasteiger charge is -2.47.